The number of aromatic nitrogens is 3. The predicted octanol–water partition coefficient (Wildman–Crippen LogP) is 2.80. The molecule has 1 aromatic carbocycles. The molecule has 2 rings (SSSR count). The van der Waals surface area contributed by atoms with Crippen molar-refractivity contribution in [2.24, 2.45) is 0 Å². The average molecular weight is 246 g/mol. The molecule has 0 spiro atoms. The van der Waals surface area contributed by atoms with E-state index in [9.17, 15) is 4.39 Å². The monoisotopic (exact) mass is 245 g/mol. The van der Waals surface area contributed by atoms with Gasteiger partial charge in [-0.2, -0.15) is 5.10 Å². The Labute approximate surface area is 95.5 Å². The van der Waals surface area contributed by atoms with Crippen LogP contribution >= 0.6 is 23.2 Å². The van der Waals surface area contributed by atoms with Gasteiger partial charge in [0.2, 0.25) is 0 Å². The second kappa shape index (κ2) is 4.16. The Hall–Kier alpha value is -1.13. The van der Waals surface area contributed by atoms with Crippen molar-refractivity contribution in [3.8, 4) is 5.69 Å². The van der Waals surface area contributed by atoms with Gasteiger partial charge in [0, 0.05) is 6.07 Å². The first-order chi connectivity index (χ1) is 7.22. The van der Waals surface area contributed by atoms with Crippen molar-refractivity contribution in [3.63, 3.8) is 0 Å². The maximum absolute atomic E-state index is 13.2. The molecule has 0 amide bonds. The summed E-state index contributed by atoms with van der Waals surface area (Å²) < 4.78 is 14.6. The van der Waals surface area contributed by atoms with E-state index in [0.29, 0.717) is 11.5 Å². The van der Waals surface area contributed by atoms with E-state index < -0.39 is 5.82 Å². The first kappa shape index (κ1) is 10.4. The fourth-order valence-electron chi connectivity index (χ4n) is 1.19. The molecule has 3 nitrogen and oxygen atoms in total. The van der Waals surface area contributed by atoms with Crippen LogP contribution in [0.15, 0.2) is 24.5 Å². The Morgan fingerprint density at radius 2 is 2.20 bits per heavy atom. The number of halogens is 3. The molecular weight excluding hydrogens is 240 g/mol. The Kier molecular flexibility index (Phi) is 2.88. The standard InChI is InChI=1S/C9H6Cl2FN3/c10-4-9-13-5-14-15(9)6-1-2-7(11)8(12)3-6/h1-3,5H,4H2. The molecule has 2 aromatic rings. The van der Waals surface area contributed by atoms with Crippen LogP contribution < -0.4 is 0 Å². The lowest BCUT2D eigenvalue weighted by Crippen LogP contribution is -2.01. The van der Waals surface area contributed by atoms with Crippen LogP contribution in [0.5, 0.6) is 0 Å². The molecular formula is C9H6Cl2FN3. The summed E-state index contributed by atoms with van der Waals surface area (Å²) in [5.41, 5.74) is 0.546. The van der Waals surface area contributed by atoms with E-state index in [4.69, 9.17) is 23.2 Å². The lowest BCUT2D eigenvalue weighted by molar-refractivity contribution is 0.625. The number of alkyl halides is 1. The summed E-state index contributed by atoms with van der Waals surface area (Å²) in [5, 5.41) is 4.01. The van der Waals surface area contributed by atoms with Crippen molar-refractivity contribution in [3.05, 3.63) is 41.2 Å². The lowest BCUT2D eigenvalue weighted by atomic mass is 10.3. The van der Waals surface area contributed by atoms with Crippen LogP contribution in [-0.2, 0) is 5.88 Å². The number of hydrogen-bond acceptors (Lipinski definition) is 2. The number of rotatable bonds is 2. The minimum atomic E-state index is -0.495. The number of benzene rings is 1. The van der Waals surface area contributed by atoms with Crippen molar-refractivity contribution in [2.45, 2.75) is 5.88 Å². The van der Waals surface area contributed by atoms with Crippen LogP contribution in [0, 0.1) is 5.82 Å². The molecule has 78 valence electrons. The summed E-state index contributed by atoms with van der Waals surface area (Å²) in [6, 6.07) is 4.40. The number of hydrogen-bond donors (Lipinski definition) is 0. The fourth-order valence-corrected chi connectivity index (χ4v) is 1.49. The van der Waals surface area contributed by atoms with Crippen LogP contribution in [0.2, 0.25) is 5.02 Å². The maximum atomic E-state index is 13.2. The zero-order chi connectivity index (χ0) is 10.8. The summed E-state index contributed by atoms with van der Waals surface area (Å²) in [6.45, 7) is 0. The van der Waals surface area contributed by atoms with Crippen molar-refractivity contribution < 1.29 is 4.39 Å². The van der Waals surface area contributed by atoms with Crippen molar-refractivity contribution in [1.29, 1.82) is 0 Å². The molecule has 0 atom stereocenters. The maximum Gasteiger partial charge on any atom is 0.147 e. The average Bonchev–Trinajstić information content (AvgIpc) is 2.70. The van der Waals surface area contributed by atoms with E-state index in [0.717, 1.165) is 0 Å². The van der Waals surface area contributed by atoms with E-state index >= 15 is 0 Å². The fraction of sp³-hybridized carbons (Fsp3) is 0.111. The molecule has 1 heterocycles. The minimum Gasteiger partial charge on any atom is -0.218 e. The Morgan fingerprint density at radius 3 is 2.87 bits per heavy atom. The Morgan fingerprint density at radius 1 is 1.40 bits per heavy atom. The quantitative estimate of drug-likeness (QED) is 0.763. The van der Waals surface area contributed by atoms with Gasteiger partial charge in [0.1, 0.15) is 18.0 Å². The van der Waals surface area contributed by atoms with Gasteiger partial charge in [-0.05, 0) is 12.1 Å². The lowest BCUT2D eigenvalue weighted by Gasteiger charge is -2.04. The minimum absolute atomic E-state index is 0.0753. The largest absolute Gasteiger partial charge is 0.218 e. The second-order valence-electron chi connectivity index (χ2n) is 2.82. The highest BCUT2D eigenvalue weighted by atomic mass is 35.5. The van der Waals surface area contributed by atoms with Crippen LogP contribution in [0.1, 0.15) is 5.82 Å². The molecule has 0 unspecified atom stereocenters. The predicted molar refractivity (Wildman–Crippen MR) is 55.9 cm³/mol. The molecule has 1 aromatic heterocycles. The van der Waals surface area contributed by atoms with Gasteiger partial charge >= 0.3 is 0 Å². The van der Waals surface area contributed by atoms with E-state index in [1.54, 1.807) is 6.07 Å². The smallest absolute Gasteiger partial charge is 0.147 e. The van der Waals surface area contributed by atoms with Gasteiger partial charge in [-0.3, -0.25) is 0 Å². The summed E-state index contributed by atoms with van der Waals surface area (Å²) in [7, 11) is 0. The second-order valence-corrected chi connectivity index (χ2v) is 3.49. The van der Waals surface area contributed by atoms with Crippen LogP contribution in [-0.4, -0.2) is 14.8 Å². The highest BCUT2D eigenvalue weighted by Crippen LogP contribution is 2.18. The summed E-state index contributed by atoms with van der Waals surface area (Å²) in [4.78, 5) is 3.93. The first-order valence-electron chi connectivity index (χ1n) is 4.12. The van der Waals surface area contributed by atoms with Crippen LogP contribution in [0.3, 0.4) is 0 Å². The number of nitrogens with zero attached hydrogens (tertiary/aromatic N) is 3. The summed E-state index contributed by atoms with van der Waals surface area (Å²) in [5.74, 6) is 0.271. The molecule has 0 fully saturated rings. The first-order valence-corrected chi connectivity index (χ1v) is 5.04. The Balaban J connectivity index is 2.50. The van der Waals surface area contributed by atoms with Gasteiger partial charge in [-0.25, -0.2) is 14.1 Å². The zero-order valence-corrected chi connectivity index (χ0v) is 9.00. The van der Waals surface area contributed by atoms with Gasteiger partial charge in [0.15, 0.2) is 0 Å². The molecule has 15 heavy (non-hydrogen) atoms. The summed E-state index contributed by atoms with van der Waals surface area (Å²) in [6.07, 6.45) is 1.37. The van der Waals surface area contributed by atoms with E-state index in [2.05, 4.69) is 10.1 Å². The normalized spacial score (nSPS) is 10.6. The van der Waals surface area contributed by atoms with E-state index in [1.807, 2.05) is 0 Å². The van der Waals surface area contributed by atoms with Gasteiger partial charge < -0.3 is 0 Å². The molecule has 0 aliphatic rings. The van der Waals surface area contributed by atoms with E-state index in [-0.39, 0.29) is 10.9 Å². The Bertz CT molecular complexity index is 484. The highest BCUT2D eigenvalue weighted by Gasteiger charge is 2.07. The van der Waals surface area contributed by atoms with Crippen LogP contribution in [0.4, 0.5) is 4.39 Å². The molecule has 0 aliphatic heterocycles. The third-order valence-electron chi connectivity index (χ3n) is 1.89. The molecule has 0 bridgehead atoms. The molecule has 0 saturated heterocycles. The molecule has 6 heteroatoms. The van der Waals surface area contributed by atoms with E-state index in [1.165, 1.54) is 23.1 Å². The van der Waals surface area contributed by atoms with Gasteiger partial charge in [-0.15, -0.1) is 11.6 Å². The molecule has 0 radical (unpaired) electrons. The van der Waals surface area contributed by atoms with Gasteiger partial charge in [-0.1, -0.05) is 11.6 Å². The van der Waals surface area contributed by atoms with Crippen molar-refractivity contribution in [2.75, 3.05) is 0 Å². The SMILES string of the molecule is Fc1cc(-n2ncnc2CCl)ccc1Cl. The van der Waals surface area contributed by atoms with Gasteiger partial charge in [0.05, 0.1) is 16.6 Å². The van der Waals surface area contributed by atoms with Gasteiger partial charge in [0.25, 0.3) is 0 Å². The molecule has 0 saturated carbocycles. The summed E-state index contributed by atoms with van der Waals surface area (Å²) >= 11 is 11.2. The third-order valence-corrected chi connectivity index (χ3v) is 2.43. The van der Waals surface area contributed by atoms with Crippen LogP contribution in [0.25, 0.3) is 5.69 Å². The molecule has 0 aliphatic carbocycles. The highest BCUT2D eigenvalue weighted by molar-refractivity contribution is 6.30. The zero-order valence-electron chi connectivity index (χ0n) is 7.49. The van der Waals surface area contributed by atoms with Crippen molar-refractivity contribution in [1.82, 2.24) is 14.8 Å². The topological polar surface area (TPSA) is 30.7 Å². The third kappa shape index (κ3) is 1.96. The molecule has 0 N–H and O–H groups in total. The van der Waals surface area contributed by atoms with Crippen molar-refractivity contribution >= 4 is 23.2 Å².